The van der Waals surface area contributed by atoms with Crippen molar-refractivity contribution in [1.82, 2.24) is 4.90 Å². The van der Waals surface area contributed by atoms with E-state index in [1.54, 1.807) is 48.5 Å². The minimum absolute atomic E-state index is 0.121. The summed E-state index contributed by atoms with van der Waals surface area (Å²) < 4.78 is 53.9. The number of primary amides is 1. The van der Waals surface area contributed by atoms with E-state index in [-0.39, 0.29) is 11.1 Å². The average Bonchev–Trinajstić information content (AvgIpc) is 2.76. The average molecular weight is 444 g/mol. The molecule has 3 rings (SSSR count). The number of hydrogen-bond acceptors (Lipinski definition) is 2. The Hall–Kier alpha value is -3.68. The Labute approximate surface area is 182 Å². The third-order valence-corrected chi connectivity index (χ3v) is 5.07. The third kappa shape index (κ3) is 4.96. The molecule has 4 nitrogen and oxygen atoms in total. The van der Waals surface area contributed by atoms with Crippen LogP contribution < -0.4 is 5.73 Å². The molecule has 8 heteroatoms. The second-order valence-corrected chi connectivity index (χ2v) is 7.24. The zero-order valence-corrected chi connectivity index (χ0v) is 17.0. The highest BCUT2D eigenvalue weighted by Crippen LogP contribution is 2.36. The highest BCUT2D eigenvalue weighted by atomic mass is 19.4. The van der Waals surface area contributed by atoms with E-state index < -0.39 is 41.5 Å². The van der Waals surface area contributed by atoms with Crippen LogP contribution in [0.1, 0.15) is 46.1 Å². The van der Waals surface area contributed by atoms with Gasteiger partial charge in [-0.2, -0.15) is 13.2 Å². The number of rotatable bonds is 6. The highest BCUT2D eigenvalue weighted by Gasteiger charge is 2.37. The molecule has 0 radical (unpaired) electrons. The molecular formula is C24H20F4N2O2. The molecule has 0 fully saturated rings. The maximum absolute atomic E-state index is 14.1. The summed E-state index contributed by atoms with van der Waals surface area (Å²) in [5, 5.41) is 0. The van der Waals surface area contributed by atoms with E-state index in [2.05, 4.69) is 0 Å². The van der Waals surface area contributed by atoms with Gasteiger partial charge < -0.3 is 10.6 Å². The van der Waals surface area contributed by atoms with Crippen LogP contribution in [0.4, 0.5) is 17.6 Å². The zero-order valence-electron chi connectivity index (χ0n) is 17.0. The van der Waals surface area contributed by atoms with Gasteiger partial charge in [-0.15, -0.1) is 0 Å². The van der Waals surface area contributed by atoms with Crippen molar-refractivity contribution in [2.24, 2.45) is 5.73 Å². The first kappa shape index (κ1) is 23.0. The summed E-state index contributed by atoms with van der Waals surface area (Å²) in [7, 11) is 0. The molecule has 0 unspecified atom stereocenters. The van der Waals surface area contributed by atoms with Crippen LogP contribution in [-0.2, 0) is 11.0 Å². The molecule has 166 valence electrons. The van der Waals surface area contributed by atoms with Crippen molar-refractivity contribution in [3.63, 3.8) is 0 Å². The van der Waals surface area contributed by atoms with Crippen molar-refractivity contribution < 1.29 is 27.2 Å². The molecule has 3 aromatic rings. The Morgan fingerprint density at radius 1 is 0.875 bits per heavy atom. The maximum Gasteiger partial charge on any atom is 0.416 e. The molecule has 0 aromatic heterocycles. The van der Waals surface area contributed by atoms with E-state index in [0.29, 0.717) is 11.6 Å². The zero-order chi connectivity index (χ0) is 23.5. The van der Waals surface area contributed by atoms with Crippen LogP contribution in [0.15, 0.2) is 78.9 Å². The molecule has 0 saturated heterocycles. The van der Waals surface area contributed by atoms with E-state index in [0.717, 1.165) is 17.0 Å². The van der Waals surface area contributed by atoms with Crippen LogP contribution >= 0.6 is 0 Å². The lowest BCUT2D eigenvalue weighted by Gasteiger charge is -2.36. The topological polar surface area (TPSA) is 63.4 Å². The minimum atomic E-state index is -4.78. The SMILES string of the molecule is C[C@H](c1cc(F)cc(C(F)(F)F)c1)N(C(=O)c1ccccc1)[C@H](C(N)=O)c1ccccc1. The number of alkyl halides is 3. The molecule has 0 spiro atoms. The summed E-state index contributed by atoms with van der Waals surface area (Å²) in [4.78, 5) is 27.0. The highest BCUT2D eigenvalue weighted by molar-refractivity contribution is 5.98. The molecule has 0 saturated carbocycles. The second-order valence-electron chi connectivity index (χ2n) is 7.24. The summed E-state index contributed by atoms with van der Waals surface area (Å²) in [6.45, 7) is 1.43. The number of nitrogens with two attached hydrogens (primary N) is 1. The first-order valence-corrected chi connectivity index (χ1v) is 9.69. The molecular weight excluding hydrogens is 424 g/mol. The Balaban J connectivity index is 2.17. The largest absolute Gasteiger partial charge is 0.416 e. The molecule has 0 aliphatic rings. The van der Waals surface area contributed by atoms with Gasteiger partial charge in [-0.3, -0.25) is 9.59 Å². The molecule has 0 aliphatic carbocycles. The van der Waals surface area contributed by atoms with Crippen LogP contribution in [0.25, 0.3) is 0 Å². The number of hydrogen-bond donors (Lipinski definition) is 1. The fourth-order valence-electron chi connectivity index (χ4n) is 3.52. The Kier molecular flexibility index (Phi) is 6.62. The van der Waals surface area contributed by atoms with Gasteiger partial charge in [0, 0.05) is 5.56 Å². The monoisotopic (exact) mass is 444 g/mol. The summed E-state index contributed by atoms with van der Waals surface area (Å²) in [6.07, 6.45) is -4.78. The first-order valence-electron chi connectivity index (χ1n) is 9.69. The van der Waals surface area contributed by atoms with Gasteiger partial charge in [0.05, 0.1) is 11.6 Å². The molecule has 0 bridgehead atoms. The summed E-state index contributed by atoms with van der Waals surface area (Å²) in [5.41, 5.74) is 4.91. The quantitative estimate of drug-likeness (QED) is 0.526. The van der Waals surface area contributed by atoms with E-state index in [1.807, 2.05) is 0 Å². The van der Waals surface area contributed by atoms with Crippen molar-refractivity contribution in [2.75, 3.05) is 0 Å². The lowest BCUT2D eigenvalue weighted by atomic mass is 9.97. The normalized spacial score (nSPS) is 13.3. The molecule has 0 aliphatic heterocycles. The molecule has 2 amide bonds. The Bertz CT molecular complexity index is 1100. The number of carbonyl (C=O) groups is 2. The molecule has 3 aromatic carbocycles. The van der Waals surface area contributed by atoms with Crippen LogP contribution in [0.3, 0.4) is 0 Å². The maximum atomic E-state index is 14.1. The van der Waals surface area contributed by atoms with E-state index >= 15 is 0 Å². The van der Waals surface area contributed by atoms with E-state index in [1.165, 1.54) is 19.1 Å². The smallest absolute Gasteiger partial charge is 0.368 e. The number of benzene rings is 3. The van der Waals surface area contributed by atoms with Gasteiger partial charge in [0.25, 0.3) is 5.91 Å². The van der Waals surface area contributed by atoms with Crippen molar-refractivity contribution in [3.8, 4) is 0 Å². The predicted molar refractivity (Wildman–Crippen MR) is 111 cm³/mol. The van der Waals surface area contributed by atoms with Crippen molar-refractivity contribution in [1.29, 1.82) is 0 Å². The second kappa shape index (κ2) is 9.21. The number of carbonyl (C=O) groups excluding carboxylic acids is 2. The van der Waals surface area contributed by atoms with E-state index in [4.69, 9.17) is 5.73 Å². The lowest BCUT2D eigenvalue weighted by Crippen LogP contribution is -2.43. The van der Waals surface area contributed by atoms with Crippen molar-refractivity contribution >= 4 is 11.8 Å². The fourth-order valence-corrected chi connectivity index (χ4v) is 3.52. The van der Waals surface area contributed by atoms with Gasteiger partial charge in [0.2, 0.25) is 5.91 Å². The lowest BCUT2D eigenvalue weighted by molar-refractivity contribution is -0.138. The van der Waals surface area contributed by atoms with Crippen molar-refractivity contribution in [2.45, 2.75) is 25.2 Å². The van der Waals surface area contributed by atoms with Gasteiger partial charge in [0.1, 0.15) is 11.9 Å². The van der Waals surface area contributed by atoms with Gasteiger partial charge in [0.15, 0.2) is 0 Å². The third-order valence-electron chi connectivity index (χ3n) is 5.07. The summed E-state index contributed by atoms with van der Waals surface area (Å²) in [6, 6.07) is 15.7. The predicted octanol–water partition coefficient (Wildman–Crippen LogP) is 5.27. The van der Waals surface area contributed by atoms with Crippen LogP contribution in [-0.4, -0.2) is 16.7 Å². The van der Waals surface area contributed by atoms with Gasteiger partial charge in [-0.25, -0.2) is 4.39 Å². The Morgan fingerprint density at radius 3 is 1.97 bits per heavy atom. The first-order chi connectivity index (χ1) is 15.1. The molecule has 2 atom stereocenters. The van der Waals surface area contributed by atoms with Crippen LogP contribution in [0, 0.1) is 5.82 Å². The standard InChI is InChI=1S/C24H20F4N2O2/c1-15(18-12-19(24(26,27)28)14-20(25)13-18)30(23(32)17-10-6-3-7-11-17)21(22(29)31)16-8-4-2-5-9-16/h2-15,21H,1H3,(H2,29,31)/t15-,21+/m1/s1. The fraction of sp³-hybridized carbons (Fsp3) is 0.167. The van der Waals surface area contributed by atoms with Gasteiger partial charge >= 0.3 is 6.18 Å². The van der Waals surface area contributed by atoms with Crippen molar-refractivity contribution in [3.05, 3.63) is 107 Å². The summed E-state index contributed by atoms with van der Waals surface area (Å²) >= 11 is 0. The number of nitrogens with zero attached hydrogens (tertiary/aromatic N) is 1. The molecule has 32 heavy (non-hydrogen) atoms. The van der Waals surface area contributed by atoms with Crippen LogP contribution in [0.2, 0.25) is 0 Å². The number of amides is 2. The molecule has 0 heterocycles. The minimum Gasteiger partial charge on any atom is -0.368 e. The van der Waals surface area contributed by atoms with Crippen LogP contribution in [0.5, 0.6) is 0 Å². The molecule has 2 N–H and O–H groups in total. The Morgan fingerprint density at radius 2 is 1.44 bits per heavy atom. The summed E-state index contributed by atoms with van der Waals surface area (Å²) in [5.74, 6) is -2.62. The number of halogens is 4. The van der Waals surface area contributed by atoms with Gasteiger partial charge in [-0.1, -0.05) is 48.5 Å². The van der Waals surface area contributed by atoms with Gasteiger partial charge in [-0.05, 0) is 48.4 Å². The van der Waals surface area contributed by atoms with E-state index in [9.17, 15) is 27.2 Å².